The van der Waals surface area contributed by atoms with Gasteiger partial charge in [0, 0.05) is 0 Å². The van der Waals surface area contributed by atoms with E-state index in [2.05, 4.69) is 5.32 Å². The van der Waals surface area contributed by atoms with Crippen molar-refractivity contribution in [3.63, 3.8) is 0 Å². The van der Waals surface area contributed by atoms with Gasteiger partial charge in [-0.1, -0.05) is 35.9 Å². The van der Waals surface area contributed by atoms with E-state index >= 15 is 0 Å². The summed E-state index contributed by atoms with van der Waals surface area (Å²) in [4.78, 5) is 50.6. The minimum Gasteiger partial charge on any atom is -0.456 e. The van der Waals surface area contributed by atoms with Gasteiger partial charge in [-0.15, -0.1) is 11.3 Å². The molecule has 28 heavy (non-hydrogen) atoms. The summed E-state index contributed by atoms with van der Waals surface area (Å²) in [5, 5.41) is 2.73. The second-order valence-corrected chi connectivity index (χ2v) is 8.29. The lowest BCUT2D eigenvalue weighted by Gasteiger charge is -2.22. The minimum atomic E-state index is -1.13. The summed E-state index contributed by atoms with van der Waals surface area (Å²) < 4.78 is 5.40. The zero-order valence-electron chi connectivity index (χ0n) is 14.6. The standard InChI is InChI=1S/C19H15ClN2O5S/c20-15-6-5-14(28-15)13(23)10-27-16(24)9-22-17(25)19(21-18(22)26)8-7-11-3-1-2-4-12(11)19/h1-6H,7-10H2,(H,21,26)/t19-/m1/s1. The number of esters is 1. The third-order valence-corrected chi connectivity index (χ3v) is 6.19. The van der Waals surface area contributed by atoms with Crippen LogP contribution in [-0.4, -0.2) is 41.7 Å². The zero-order valence-corrected chi connectivity index (χ0v) is 16.1. The SMILES string of the molecule is O=C(CN1C(=O)N[C@@]2(CCc3ccccc32)C1=O)OCC(=O)c1ccc(Cl)s1. The van der Waals surface area contributed by atoms with Gasteiger partial charge in [0.05, 0.1) is 9.21 Å². The van der Waals surface area contributed by atoms with Crippen LogP contribution in [-0.2, 0) is 26.3 Å². The molecule has 9 heteroatoms. The topological polar surface area (TPSA) is 92.8 Å². The van der Waals surface area contributed by atoms with Gasteiger partial charge in [0.2, 0.25) is 5.78 Å². The Morgan fingerprint density at radius 2 is 2.00 bits per heavy atom. The number of aryl methyl sites for hydroxylation is 1. The second-order valence-electron chi connectivity index (χ2n) is 6.57. The van der Waals surface area contributed by atoms with Crippen LogP contribution in [0.1, 0.15) is 27.2 Å². The van der Waals surface area contributed by atoms with E-state index in [1.54, 1.807) is 12.1 Å². The van der Waals surface area contributed by atoms with Gasteiger partial charge >= 0.3 is 12.0 Å². The summed E-state index contributed by atoms with van der Waals surface area (Å²) >= 11 is 6.86. The molecule has 1 fully saturated rings. The smallest absolute Gasteiger partial charge is 0.326 e. The quantitative estimate of drug-likeness (QED) is 0.457. The molecule has 2 aromatic rings. The van der Waals surface area contributed by atoms with Crippen molar-refractivity contribution in [2.45, 2.75) is 18.4 Å². The number of rotatable bonds is 5. The highest BCUT2D eigenvalue weighted by atomic mass is 35.5. The molecule has 0 radical (unpaired) electrons. The molecule has 1 aliphatic heterocycles. The van der Waals surface area contributed by atoms with Gasteiger partial charge in [0.1, 0.15) is 12.1 Å². The van der Waals surface area contributed by atoms with Crippen molar-refractivity contribution in [1.29, 1.82) is 0 Å². The van der Waals surface area contributed by atoms with Gasteiger partial charge in [-0.2, -0.15) is 0 Å². The number of ether oxygens (including phenoxy) is 1. The molecule has 0 saturated carbocycles. The summed E-state index contributed by atoms with van der Waals surface area (Å²) in [5.74, 6) is -1.71. The molecule has 0 bridgehead atoms. The lowest BCUT2D eigenvalue weighted by Crippen LogP contribution is -2.42. The largest absolute Gasteiger partial charge is 0.456 e. The van der Waals surface area contributed by atoms with E-state index in [0.29, 0.717) is 22.1 Å². The number of hydrogen-bond donors (Lipinski definition) is 1. The number of halogens is 1. The van der Waals surface area contributed by atoms with Gasteiger partial charge in [0.15, 0.2) is 6.61 Å². The van der Waals surface area contributed by atoms with E-state index in [1.165, 1.54) is 0 Å². The number of hydrogen-bond acceptors (Lipinski definition) is 6. The molecule has 2 heterocycles. The van der Waals surface area contributed by atoms with Crippen molar-refractivity contribution in [2.75, 3.05) is 13.2 Å². The average Bonchev–Trinajstić information content (AvgIpc) is 3.34. The van der Waals surface area contributed by atoms with Crippen LogP contribution >= 0.6 is 22.9 Å². The van der Waals surface area contributed by atoms with Crippen molar-refractivity contribution in [3.8, 4) is 0 Å². The lowest BCUT2D eigenvalue weighted by molar-refractivity contribution is -0.146. The Bertz CT molecular complexity index is 1000. The highest BCUT2D eigenvalue weighted by molar-refractivity contribution is 7.18. The van der Waals surface area contributed by atoms with E-state index in [1.807, 2.05) is 24.3 Å². The Hall–Kier alpha value is -2.71. The number of Topliss-reactive ketones (excluding diaryl/α,β-unsaturated/α-hetero) is 1. The molecule has 1 spiro atoms. The maximum Gasteiger partial charge on any atom is 0.326 e. The summed E-state index contributed by atoms with van der Waals surface area (Å²) in [6, 6.07) is 9.90. The number of fused-ring (bicyclic) bond motifs is 2. The maximum absolute atomic E-state index is 13.0. The molecule has 1 aromatic heterocycles. The second kappa shape index (κ2) is 7.03. The van der Waals surface area contributed by atoms with E-state index in [4.69, 9.17) is 16.3 Å². The number of imide groups is 1. The Morgan fingerprint density at radius 1 is 1.21 bits per heavy atom. The van der Waals surface area contributed by atoms with Crippen LogP contribution in [0.5, 0.6) is 0 Å². The third-order valence-electron chi connectivity index (χ3n) is 4.92. The molecule has 1 saturated heterocycles. The Labute approximate surface area is 169 Å². The molecule has 0 unspecified atom stereocenters. The van der Waals surface area contributed by atoms with Crippen LogP contribution in [0.25, 0.3) is 0 Å². The summed E-state index contributed by atoms with van der Waals surface area (Å²) in [7, 11) is 0. The Kier molecular flexibility index (Phi) is 4.68. The van der Waals surface area contributed by atoms with Crippen LogP contribution in [0.3, 0.4) is 0 Å². The highest BCUT2D eigenvalue weighted by Crippen LogP contribution is 2.41. The first-order valence-corrected chi connectivity index (χ1v) is 9.77. The van der Waals surface area contributed by atoms with Crippen LogP contribution in [0.2, 0.25) is 4.34 Å². The number of carbonyl (C=O) groups excluding carboxylic acids is 4. The number of amides is 3. The summed E-state index contributed by atoms with van der Waals surface area (Å²) in [5.41, 5.74) is 0.632. The molecule has 1 N–H and O–H groups in total. The predicted molar refractivity (Wildman–Crippen MR) is 101 cm³/mol. The van der Waals surface area contributed by atoms with Crippen molar-refractivity contribution in [1.82, 2.24) is 10.2 Å². The fourth-order valence-electron chi connectivity index (χ4n) is 3.59. The maximum atomic E-state index is 13.0. The van der Waals surface area contributed by atoms with Crippen molar-refractivity contribution < 1.29 is 23.9 Å². The minimum absolute atomic E-state index is 0.370. The number of nitrogens with zero attached hydrogens (tertiary/aromatic N) is 1. The van der Waals surface area contributed by atoms with Crippen LogP contribution < -0.4 is 5.32 Å². The molecule has 2 aliphatic rings. The zero-order chi connectivity index (χ0) is 19.9. The first kappa shape index (κ1) is 18.6. The molecule has 7 nitrogen and oxygen atoms in total. The van der Waals surface area contributed by atoms with E-state index in [0.717, 1.165) is 27.4 Å². The van der Waals surface area contributed by atoms with Gasteiger partial charge in [-0.05, 0) is 36.1 Å². The van der Waals surface area contributed by atoms with Crippen LogP contribution in [0.15, 0.2) is 36.4 Å². The number of urea groups is 1. The first-order valence-electron chi connectivity index (χ1n) is 8.57. The number of ketones is 1. The predicted octanol–water partition coefficient (Wildman–Crippen LogP) is 2.52. The van der Waals surface area contributed by atoms with Crippen LogP contribution in [0, 0.1) is 0 Å². The molecule has 3 amide bonds. The van der Waals surface area contributed by atoms with Crippen LogP contribution in [0.4, 0.5) is 4.79 Å². The van der Waals surface area contributed by atoms with Gasteiger partial charge in [-0.3, -0.25) is 19.3 Å². The van der Waals surface area contributed by atoms with Gasteiger partial charge in [0.25, 0.3) is 5.91 Å². The fraction of sp³-hybridized carbons (Fsp3) is 0.263. The lowest BCUT2D eigenvalue weighted by atomic mass is 9.92. The van der Waals surface area contributed by atoms with E-state index < -0.39 is 42.4 Å². The number of nitrogens with one attached hydrogen (secondary N) is 1. The molecular formula is C19H15ClN2O5S. The van der Waals surface area contributed by atoms with Crippen molar-refractivity contribution >= 4 is 46.6 Å². The van der Waals surface area contributed by atoms with Crippen molar-refractivity contribution in [2.24, 2.45) is 0 Å². The molecular weight excluding hydrogens is 404 g/mol. The summed E-state index contributed by atoms with van der Waals surface area (Å²) in [6.45, 7) is -1.03. The van der Waals surface area contributed by atoms with E-state index in [9.17, 15) is 19.2 Å². The third kappa shape index (κ3) is 3.08. The molecule has 1 aliphatic carbocycles. The number of thiophene rings is 1. The molecule has 144 valence electrons. The Balaban J connectivity index is 1.41. The van der Waals surface area contributed by atoms with Gasteiger partial charge in [-0.25, -0.2) is 4.79 Å². The average molecular weight is 419 g/mol. The normalized spacial score (nSPS) is 20.4. The summed E-state index contributed by atoms with van der Waals surface area (Å²) in [6.07, 6.45) is 1.11. The van der Waals surface area contributed by atoms with E-state index in [-0.39, 0.29) is 0 Å². The monoisotopic (exact) mass is 418 g/mol. The van der Waals surface area contributed by atoms with Crippen molar-refractivity contribution in [3.05, 3.63) is 56.7 Å². The molecule has 1 aromatic carbocycles. The molecule has 1 atom stereocenters. The highest BCUT2D eigenvalue weighted by Gasteiger charge is 2.55. The van der Waals surface area contributed by atoms with Gasteiger partial charge < -0.3 is 10.1 Å². The molecule has 4 rings (SSSR count). The number of benzene rings is 1. The first-order chi connectivity index (χ1) is 13.4. The fourth-order valence-corrected chi connectivity index (χ4v) is 4.56. The number of carbonyl (C=O) groups is 4. The Morgan fingerprint density at radius 3 is 2.75 bits per heavy atom.